The van der Waals surface area contributed by atoms with E-state index in [1.165, 1.54) is 16.8 Å². The number of hydrogen-bond donors (Lipinski definition) is 3. The second kappa shape index (κ2) is 6.17. The van der Waals surface area contributed by atoms with Crippen molar-refractivity contribution in [1.82, 2.24) is 10.6 Å². The summed E-state index contributed by atoms with van der Waals surface area (Å²) in [6.45, 7) is -0.0997. The molecule has 5 nitrogen and oxygen atoms in total. The van der Waals surface area contributed by atoms with Crippen LogP contribution in [0, 0.1) is 0 Å². The molecule has 2 atom stereocenters. The molecule has 4 rings (SSSR count). The predicted octanol–water partition coefficient (Wildman–Crippen LogP) is 2.04. The van der Waals surface area contributed by atoms with E-state index in [0.717, 1.165) is 24.8 Å². The molecule has 1 aromatic rings. The lowest BCUT2D eigenvalue weighted by Crippen LogP contribution is -2.49. The fourth-order valence-corrected chi connectivity index (χ4v) is 3.62. The van der Waals surface area contributed by atoms with Gasteiger partial charge in [-0.3, -0.25) is 10.1 Å². The number of hydrogen-bond acceptors (Lipinski definition) is 4. The molecule has 5 heteroatoms. The van der Waals surface area contributed by atoms with Crippen molar-refractivity contribution in [1.29, 1.82) is 0 Å². The van der Waals surface area contributed by atoms with Gasteiger partial charge in [0.25, 0.3) is 5.91 Å². The zero-order valence-electron chi connectivity index (χ0n) is 13.4. The number of rotatable bonds is 4. The van der Waals surface area contributed by atoms with Gasteiger partial charge in [0.2, 0.25) is 0 Å². The number of nitrogens with one attached hydrogen (secondary N) is 2. The van der Waals surface area contributed by atoms with Crippen LogP contribution in [0.25, 0.3) is 0 Å². The molecule has 0 aromatic heterocycles. The Morgan fingerprint density at radius 3 is 2.92 bits per heavy atom. The van der Waals surface area contributed by atoms with Crippen LogP contribution in [0.15, 0.2) is 59.3 Å². The van der Waals surface area contributed by atoms with Crippen LogP contribution in [0.4, 0.5) is 0 Å². The monoisotopic (exact) mass is 323 g/mol. The molecule has 0 radical (unpaired) electrons. The van der Waals surface area contributed by atoms with Crippen molar-refractivity contribution in [3.8, 4) is 5.75 Å². The zero-order valence-corrected chi connectivity index (χ0v) is 13.4. The fraction of sp³-hybridized carbons (Fsp3) is 0.316. The molecule has 1 fully saturated rings. The number of benzene rings is 1. The topological polar surface area (TPSA) is 76.4 Å². The minimum absolute atomic E-state index is 0.0704. The number of nitrogens with two attached hydrogens (primary N) is 1. The van der Waals surface area contributed by atoms with Crippen LogP contribution in [0.2, 0.25) is 0 Å². The Kier molecular flexibility index (Phi) is 3.86. The van der Waals surface area contributed by atoms with E-state index < -0.39 is 5.91 Å². The largest absolute Gasteiger partial charge is 0.484 e. The summed E-state index contributed by atoms with van der Waals surface area (Å²) in [4.78, 5) is 10.8. The molecule has 0 saturated carbocycles. The molecular weight excluding hydrogens is 302 g/mol. The lowest BCUT2D eigenvalue weighted by atomic mass is 9.82. The Balaban J connectivity index is 1.52. The summed E-state index contributed by atoms with van der Waals surface area (Å²) >= 11 is 0. The van der Waals surface area contributed by atoms with E-state index in [2.05, 4.69) is 28.9 Å². The molecule has 3 aliphatic rings. The van der Waals surface area contributed by atoms with Gasteiger partial charge in [-0.2, -0.15) is 0 Å². The first-order valence-corrected chi connectivity index (χ1v) is 8.34. The Morgan fingerprint density at radius 2 is 2.12 bits per heavy atom. The van der Waals surface area contributed by atoms with E-state index in [1.807, 2.05) is 24.3 Å². The molecule has 1 saturated heterocycles. The molecule has 124 valence electrons. The van der Waals surface area contributed by atoms with Crippen molar-refractivity contribution in [2.75, 3.05) is 6.61 Å². The lowest BCUT2D eigenvalue weighted by Gasteiger charge is -2.40. The van der Waals surface area contributed by atoms with Crippen LogP contribution in [-0.2, 0) is 4.79 Å². The van der Waals surface area contributed by atoms with Gasteiger partial charge in [0.15, 0.2) is 6.61 Å². The molecular formula is C19H21N3O2. The summed E-state index contributed by atoms with van der Waals surface area (Å²) in [5, 5.41) is 7.31. The van der Waals surface area contributed by atoms with Gasteiger partial charge >= 0.3 is 0 Å². The van der Waals surface area contributed by atoms with E-state index in [-0.39, 0.29) is 12.8 Å². The van der Waals surface area contributed by atoms with Gasteiger partial charge in [0, 0.05) is 11.7 Å². The lowest BCUT2D eigenvalue weighted by molar-refractivity contribution is -0.119. The molecule has 1 amide bonds. The highest BCUT2D eigenvalue weighted by molar-refractivity contribution is 5.75. The summed E-state index contributed by atoms with van der Waals surface area (Å²) < 4.78 is 5.32. The average molecular weight is 323 g/mol. The predicted molar refractivity (Wildman–Crippen MR) is 92.0 cm³/mol. The third kappa shape index (κ3) is 2.83. The highest BCUT2D eigenvalue weighted by Crippen LogP contribution is 2.36. The smallest absolute Gasteiger partial charge is 0.255 e. The molecule has 1 aliphatic heterocycles. The molecule has 2 aliphatic carbocycles. The Labute approximate surface area is 141 Å². The van der Waals surface area contributed by atoms with Crippen LogP contribution >= 0.6 is 0 Å². The van der Waals surface area contributed by atoms with Crippen molar-refractivity contribution in [3.63, 3.8) is 0 Å². The zero-order chi connectivity index (χ0) is 16.5. The van der Waals surface area contributed by atoms with Crippen LogP contribution in [-0.4, -0.2) is 18.6 Å². The highest BCUT2D eigenvalue weighted by Gasteiger charge is 2.32. The number of carbonyl (C=O) groups excluding carboxylic acids is 1. The first-order chi connectivity index (χ1) is 11.7. The highest BCUT2D eigenvalue weighted by atomic mass is 16.5. The summed E-state index contributed by atoms with van der Waals surface area (Å²) in [7, 11) is 0. The Bertz CT molecular complexity index is 746. The molecule has 0 spiro atoms. The molecule has 4 N–H and O–H groups in total. The Hall–Kier alpha value is -2.53. The van der Waals surface area contributed by atoms with Crippen molar-refractivity contribution in [2.45, 2.75) is 31.5 Å². The van der Waals surface area contributed by atoms with Gasteiger partial charge in [0.05, 0.1) is 0 Å². The number of allylic oxidation sites excluding steroid dienone is 3. The quantitative estimate of drug-likeness (QED) is 0.792. The maximum atomic E-state index is 10.8. The van der Waals surface area contributed by atoms with E-state index in [1.54, 1.807) is 0 Å². The number of primary amides is 1. The van der Waals surface area contributed by atoms with Crippen molar-refractivity contribution in [3.05, 3.63) is 64.9 Å². The minimum Gasteiger partial charge on any atom is -0.484 e. The fourth-order valence-electron chi connectivity index (χ4n) is 3.62. The van der Waals surface area contributed by atoms with E-state index >= 15 is 0 Å². The molecule has 2 unspecified atom stereocenters. The van der Waals surface area contributed by atoms with Crippen molar-refractivity contribution in [2.24, 2.45) is 5.73 Å². The van der Waals surface area contributed by atoms with Gasteiger partial charge in [0.1, 0.15) is 11.9 Å². The van der Waals surface area contributed by atoms with E-state index in [9.17, 15) is 4.79 Å². The van der Waals surface area contributed by atoms with E-state index in [4.69, 9.17) is 10.5 Å². The van der Waals surface area contributed by atoms with E-state index in [0.29, 0.717) is 11.8 Å². The number of ether oxygens (including phenoxy) is 1. The average Bonchev–Trinajstić information content (AvgIpc) is 2.61. The molecule has 1 aromatic carbocycles. The first kappa shape index (κ1) is 15.0. The van der Waals surface area contributed by atoms with Crippen LogP contribution in [0.3, 0.4) is 0 Å². The molecule has 24 heavy (non-hydrogen) atoms. The third-order valence-electron chi connectivity index (χ3n) is 4.70. The van der Waals surface area contributed by atoms with Gasteiger partial charge in [-0.05, 0) is 48.1 Å². The maximum absolute atomic E-state index is 10.8. The maximum Gasteiger partial charge on any atom is 0.255 e. The first-order valence-electron chi connectivity index (χ1n) is 8.34. The molecule has 1 heterocycles. The minimum atomic E-state index is -0.473. The second-order valence-electron chi connectivity index (χ2n) is 6.35. The second-order valence-corrected chi connectivity index (χ2v) is 6.35. The van der Waals surface area contributed by atoms with Gasteiger partial charge in [-0.15, -0.1) is 0 Å². The van der Waals surface area contributed by atoms with Crippen LogP contribution in [0.1, 0.15) is 31.0 Å². The van der Waals surface area contributed by atoms with Gasteiger partial charge in [-0.1, -0.05) is 30.4 Å². The molecule has 0 bridgehead atoms. The third-order valence-corrected chi connectivity index (χ3v) is 4.70. The van der Waals surface area contributed by atoms with Crippen LogP contribution in [0.5, 0.6) is 5.75 Å². The van der Waals surface area contributed by atoms with Gasteiger partial charge < -0.3 is 15.8 Å². The Morgan fingerprint density at radius 1 is 1.29 bits per heavy atom. The van der Waals surface area contributed by atoms with Crippen molar-refractivity contribution < 1.29 is 9.53 Å². The van der Waals surface area contributed by atoms with Crippen molar-refractivity contribution >= 4 is 5.91 Å². The standard InChI is InChI=1S/C19H21N3O2/c20-17(23)11-24-14-9-7-13(8-10-14)19-21-15-5-1-3-12-4-2-6-16(22-19)18(12)15/h1,3,6-10,15,19,21-22H,2,4-5,11H2,(H2,20,23). The summed E-state index contributed by atoms with van der Waals surface area (Å²) in [6.07, 6.45) is 10.2. The van der Waals surface area contributed by atoms with Crippen LogP contribution < -0.4 is 21.1 Å². The summed E-state index contributed by atoms with van der Waals surface area (Å²) in [5.74, 6) is 0.174. The SMILES string of the molecule is NC(=O)COc1ccc(C2NC3=CCCC4=C3C(CC=C4)N2)cc1. The number of carbonyl (C=O) groups is 1. The summed E-state index contributed by atoms with van der Waals surface area (Å²) in [5.41, 5.74) is 10.4. The summed E-state index contributed by atoms with van der Waals surface area (Å²) in [6, 6.07) is 8.13. The normalized spacial score (nSPS) is 24.8. The van der Waals surface area contributed by atoms with Gasteiger partial charge in [-0.25, -0.2) is 0 Å². The number of amides is 1.